The van der Waals surface area contributed by atoms with Gasteiger partial charge in [-0.1, -0.05) is 142 Å². The Labute approximate surface area is 307 Å². The predicted molar refractivity (Wildman–Crippen MR) is 207 cm³/mol. The van der Waals surface area contributed by atoms with Gasteiger partial charge in [-0.3, -0.25) is 9.59 Å². The van der Waals surface area contributed by atoms with Crippen LogP contribution in [0, 0.1) is 5.92 Å². The fourth-order valence-electron chi connectivity index (χ4n) is 6.01. The van der Waals surface area contributed by atoms with E-state index in [1.54, 1.807) is 11.8 Å². The van der Waals surface area contributed by atoms with E-state index < -0.39 is 40.5 Å². The molecule has 0 aliphatic rings. The second-order valence-corrected chi connectivity index (χ2v) is 15.1. The molecular formula is C42H52N4O4S. The average Bonchev–Trinajstić information content (AvgIpc) is 3.12. The van der Waals surface area contributed by atoms with Gasteiger partial charge in [0.15, 0.2) is 0 Å². The number of ether oxygens (including phenoxy) is 1. The number of primary amides is 1. The molecule has 5 N–H and O–H groups in total. The molecular weight excluding hydrogens is 657 g/mol. The summed E-state index contributed by atoms with van der Waals surface area (Å²) in [6, 6.07) is 38.6. The maximum Gasteiger partial charge on any atom is 0.407 e. The van der Waals surface area contributed by atoms with Gasteiger partial charge in [0.25, 0.3) is 0 Å². The van der Waals surface area contributed by atoms with Crippen molar-refractivity contribution in [2.45, 2.75) is 75.9 Å². The van der Waals surface area contributed by atoms with Gasteiger partial charge in [-0.15, -0.1) is 11.8 Å². The number of hydrogen-bond donors (Lipinski definition) is 4. The molecule has 270 valence electrons. The molecule has 4 atom stereocenters. The SMILES string of the molecule is CC[C@H](C)[C@H](NC[C@H](CSC(c1ccccc1)(c1ccccc1)c1ccccc1)NC(=O)OC(C)(C)C)C(=O)N[C@@H](Cc1ccccc1)C(N)=O. The molecule has 4 rings (SSSR count). The number of rotatable bonds is 17. The molecule has 0 saturated carbocycles. The van der Waals surface area contributed by atoms with Crippen molar-refractivity contribution in [3.05, 3.63) is 144 Å². The molecule has 0 spiro atoms. The van der Waals surface area contributed by atoms with Crippen LogP contribution < -0.4 is 21.7 Å². The molecule has 0 aromatic heterocycles. The van der Waals surface area contributed by atoms with Crippen LogP contribution >= 0.6 is 11.8 Å². The molecule has 4 aromatic carbocycles. The van der Waals surface area contributed by atoms with Crippen LogP contribution in [0.3, 0.4) is 0 Å². The predicted octanol–water partition coefficient (Wildman–Crippen LogP) is 6.82. The van der Waals surface area contributed by atoms with E-state index in [-0.39, 0.29) is 24.8 Å². The Morgan fingerprint density at radius 3 is 1.65 bits per heavy atom. The van der Waals surface area contributed by atoms with Crippen molar-refractivity contribution >= 4 is 29.7 Å². The molecule has 51 heavy (non-hydrogen) atoms. The highest BCUT2D eigenvalue weighted by Crippen LogP contribution is 2.48. The zero-order chi connectivity index (χ0) is 36.9. The quantitative estimate of drug-likeness (QED) is 0.0894. The van der Waals surface area contributed by atoms with Gasteiger partial charge >= 0.3 is 6.09 Å². The maximum absolute atomic E-state index is 13.8. The molecule has 0 fully saturated rings. The van der Waals surface area contributed by atoms with E-state index in [0.717, 1.165) is 22.3 Å². The summed E-state index contributed by atoms with van der Waals surface area (Å²) < 4.78 is 5.08. The summed E-state index contributed by atoms with van der Waals surface area (Å²) in [5, 5.41) is 9.45. The van der Waals surface area contributed by atoms with E-state index in [4.69, 9.17) is 10.5 Å². The highest BCUT2D eigenvalue weighted by atomic mass is 32.2. The molecule has 0 bridgehead atoms. The monoisotopic (exact) mass is 708 g/mol. The van der Waals surface area contributed by atoms with Crippen molar-refractivity contribution < 1.29 is 19.1 Å². The fraction of sp³-hybridized carbons (Fsp3) is 0.357. The second-order valence-electron chi connectivity index (χ2n) is 13.9. The van der Waals surface area contributed by atoms with Gasteiger partial charge in [0.05, 0.1) is 16.8 Å². The van der Waals surface area contributed by atoms with Crippen LogP contribution in [-0.4, -0.2) is 53.9 Å². The number of carbonyl (C=O) groups is 3. The van der Waals surface area contributed by atoms with Gasteiger partial charge in [-0.25, -0.2) is 4.79 Å². The lowest BCUT2D eigenvalue weighted by atomic mass is 9.84. The fourth-order valence-corrected chi connectivity index (χ4v) is 7.57. The van der Waals surface area contributed by atoms with Crippen molar-refractivity contribution in [1.82, 2.24) is 16.0 Å². The lowest BCUT2D eigenvalue weighted by molar-refractivity contribution is -0.129. The van der Waals surface area contributed by atoms with Gasteiger partial charge in [0.2, 0.25) is 11.8 Å². The molecule has 9 heteroatoms. The van der Waals surface area contributed by atoms with Crippen molar-refractivity contribution in [3.63, 3.8) is 0 Å². The molecule has 0 heterocycles. The van der Waals surface area contributed by atoms with E-state index >= 15 is 0 Å². The maximum atomic E-state index is 13.8. The highest BCUT2D eigenvalue weighted by molar-refractivity contribution is 8.00. The van der Waals surface area contributed by atoms with Gasteiger partial charge in [0.1, 0.15) is 11.6 Å². The third-order valence-electron chi connectivity index (χ3n) is 8.79. The van der Waals surface area contributed by atoms with E-state index in [2.05, 4.69) is 52.3 Å². The number of carbonyl (C=O) groups excluding carboxylic acids is 3. The van der Waals surface area contributed by atoms with Crippen LogP contribution in [0.1, 0.15) is 63.3 Å². The van der Waals surface area contributed by atoms with Crippen LogP contribution in [0.15, 0.2) is 121 Å². The molecule has 0 unspecified atom stereocenters. The Hall–Kier alpha value is -4.60. The number of alkyl carbamates (subject to hydrolysis) is 1. The smallest absolute Gasteiger partial charge is 0.407 e. The van der Waals surface area contributed by atoms with Crippen molar-refractivity contribution in [2.24, 2.45) is 11.7 Å². The molecule has 0 saturated heterocycles. The molecule has 0 radical (unpaired) electrons. The van der Waals surface area contributed by atoms with E-state index in [0.29, 0.717) is 12.2 Å². The first kappa shape index (κ1) is 39.2. The van der Waals surface area contributed by atoms with Gasteiger partial charge < -0.3 is 26.4 Å². The molecule has 0 aliphatic heterocycles. The lowest BCUT2D eigenvalue weighted by Gasteiger charge is -2.37. The third-order valence-corrected chi connectivity index (χ3v) is 10.5. The summed E-state index contributed by atoms with van der Waals surface area (Å²) in [6.07, 6.45) is 0.457. The molecule has 0 aliphatic carbocycles. The summed E-state index contributed by atoms with van der Waals surface area (Å²) in [5.41, 5.74) is 9.26. The Balaban J connectivity index is 1.64. The number of hydrogen-bond acceptors (Lipinski definition) is 6. The van der Waals surface area contributed by atoms with Gasteiger partial charge in [-0.05, 0) is 48.9 Å². The first-order valence-corrected chi connectivity index (χ1v) is 18.6. The largest absolute Gasteiger partial charge is 0.444 e. The minimum absolute atomic E-state index is 0.0814. The zero-order valence-corrected chi connectivity index (χ0v) is 31.1. The van der Waals surface area contributed by atoms with E-state index in [1.165, 1.54) is 0 Å². The van der Waals surface area contributed by atoms with Gasteiger partial charge in [0, 0.05) is 18.7 Å². The minimum atomic E-state index is -0.872. The van der Waals surface area contributed by atoms with Crippen LogP contribution in [0.25, 0.3) is 0 Å². The van der Waals surface area contributed by atoms with Crippen LogP contribution in [0.5, 0.6) is 0 Å². The normalized spacial score (nSPS) is 14.1. The topological polar surface area (TPSA) is 123 Å². The summed E-state index contributed by atoms with van der Waals surface area (Å²) in [6.45, 7) is 9.75. The number of nitrogens with two attached hydrogens (primary N) is 1. The van der Waals surface area contributed by atoms with Crippen molar-refractivity contribution in [1.29, 1.82) is 0 Å². The Morgan fingerprint density at radius 2 is 1.22 bits per heavy atom. The summed E-state index contributed by atoms with van der Waals surface area (Å²) in [5.74, 6) is -0.533. The highest BCUT2D eigenvalue weighted by Gasteiger charge is 2.38. The minimum Gasteiger partial charge on any atom is -0.444 e. The molecule has 3 amide bonds. The first-order valence-electron chi connectivity index (χ1n) is 17.6. The third kappa shape index (κ3) is 11.2. The van der Waals surface area contributed by atoms with Crippen LogP contribution in [-0.2, 0) is 25.5 Å². The Morgan fingerprint density at radius 1 is 0.745 bits per heavy atom. The summed E-state index contributed by atoms with van der Waals surface area (Å²) >= 11 is 1.71. The second kappa shape index (κ2) is 18.6. The number of benzene rings is 4. The van der Waals surface area contributed by atoms with Crippen LogP contribution in [0.4, 0.5) is 4.79 Å². The van der Waals surface area contributed by atoms with Crippen LogP contribution in [0.2, 0.25) is 0 Å². The zero-order valence-electron chi connectivity index (χ0n) is 30.3. The summed E-state index contributed by atoms with van der Waals surface area (Å²) in [7, 11) is 0. The number of thioether (sulfide) groups is 1. The van der Waals surface area contributed by atoms with Crippen molar-refractivity contribution in [3.8, 4) is 0 Å². The molecule has 4 aromatic rings. The Kier molecular flexibility index (Phi) is 14.3. The standard InChI is InChI=1S/C42H52N4O4S/c1-6-30(2)37(39(48)46-36(38(43)47)27-31-19-11-7-12-20-31)44-28-35(45-40(49)50-41(3,4)5)29-51-42(32-21-13-8-14-22-32,33-23-15-9-16-24-33)34-25-17-10-18-26-34/h7-26,30,35-37,44H,6,27-29H2,1-5H3,(H2,43,47)(H,45,49)(H,46,48)/t30-,35+,36-,37-/m0/s1. The van der Waals surface area contributed by atoms with Crippen molar-refractivity contribution in [2.75, 3.05) is 12.3 Å². The average molecular weight is 709 g/mol. The number of amides is 3. The molecule has 8 nitrogen and oxygen atoms in total. The number of nitrogens with one attached hydrogen (secondary N) is 3. The summed E-state index contributed by atoms with van der Waals surface area (Å²) in [4.78, 5) is 39.6. The van der Waals surface area contributed by atoms with Gasteiger partial charge in [-0.2, -0.15) is 0 Å². The lowest BCUT2D eigenvalue weighted by Crippen LogP contribution is -2.57. The van der Waals surface area contributed by atoms with E-state index in [9.17, 15) is 14.4 Å². The Bertz CT molecular complexity index is 1570. The first-order chi connectivity index (χ1) is 24.4. The van der Waals surface area contributed by atoms with E-state index in [1.807, 2.05) is 120 Å².